The molecular weight excluding hydrogens is 1410 g/mol. The Morgan fingerprint density at radius 2 is 0.595 bits per heavy atom. The van der Waals surface area contributed by atoms with E-state index in [2.05, 4.69) is 157 Å². The number of aromatic amines is 2. The monoisotopic (exact) mass is 1460 g/mol. The quantitative estimate of drug-likeness (QED) is 0.157. The van der Waals surface area contributed by atoms with Gasteiger partial charge in [-0.05, 0) is 377 Å². The molecule has 1 saturated heterocycles. The summed E-state index contributed by atoms with van der Waals surface area (Å²) in [5.74, 6) is 2.50. The highest BCUT2D eigenvalue weighted by atomic mass is 15.2. The van der Waals surface area contributed by atoms with Gasteiger partial charge in [-0.2, -0.15) is 0 Å². The Labute approximate surface area is 647 Å². The number of rotatable bonds is 1. The standard InChI is InChI=1S/C107H47N9/c1-103(2,3)25-15-18-28-32(21-25)100-109-95(28)108-99-31-20-24(14-17-27(31)97(112-99)114-102-35-30(12-11-13-34(35)105(7,8)9)98(115-102)113-101-33-22-26(104(4,5)6)16-19-29(33)96(110-100)111-101)94-107-92-85-77-65-57-48-39-37-36-38-42(39)51-58-56-47(38)49-45-40(36)43-44-41(37)46-50(48)63(65)71-69-55(46)53(44)61-60-52(43)54(45)68-70-62(49)64(56)76-78-66(58)67(59(51)57)79(77)88(92)87(78)90-83(76)81(70)84-74(68)72(60)80-73(61)75(69)86(82(71)85)93(107)89(80)91(84)106(90,107)23-116(94)10/h11-22,94H,23H2,1-10H3,(H2,108,109,110,111,112,113,114,115). The number of fused-ring (bicyclic) bond motifs is 20. The van der Waals surface area contributed by atoms with Crippen LogP contribution in [0.1, 0.15) is 113 Å². The molecule has 9 heteroatoms. The van der Waals surface area contributed by atoms with Crippen molar-refractivity contribution in [3.63, 3.8) is 0 Å². The third-order valence-corrected chi connectivity index (χ3v) is 35.6. The number of H-pyrrole nitrogens is 2. The van der Waals surface area contributed by atoms with Crippen molar-refractivity contribution >= 4 is 335 Å². The third kappa shape index (κ3) is 3.79. The van der Waals surface area contributed by atoms with Crippen LogP contribution in [0.3, 0.4) is 0 Å². The van der Waals surface area contributed by atoms with E-state index in [-0.39, 0.29) is 22.3 Å². The number of benzene rings is 21. The zero-order chi connectivity index (χ0) is 73.5. The van der Waals surface area contributed by atoms with Crippen molar-refractivity contribution in [2.45, 2.75) is 95.4 Å². The fraction of sp³-hybridized carbons (Fsp3) is 0.159. The summed E-state index contributed by atoms with van der Waals surface area (Å²) in [7, 11) is 2.57. The predicted octanol–water partition coefficient (Wildman–Crippen LogP) is 27.1. The molecule has 6 heterocycles. The van der Waals surface area contributed by atoms with Crippen molar-refractivity contribution in [1.82, 2.24) is 44.8 Å². The zero-order valence-corrected chi connectivity index (χ0v) is 63.8. The Morgan fingerprint density at radius 3 is 1.04 bits per heavy atom. The van der Waals surface area contributed by atoms with Crippen LogP contribution in [-0.2, 0) is 27.1 Å². The van der Waals surface area contributed by atoms with E-state index in [1.54, 1.807) is 313 Å². The number of hydrogen-bond acceptors (Lipinski definition) is 7. The molecule has 35 aromatic rings. The average Bonchev–Trinajstić information content (AvgIpc) is 1.38. The zero-order valence-electron chi connectivity index (χ0n) is 63.8. The molecule has 2 N–H and O–H groups in total. The predicted molar refractivity (Wildman–Crippen MR) is 481 cm³/mol. The number of aromatic nitrogens is 8. The Morgan fingerprint density at radius 1 is 0.276 bits per heavy atom. The SMILES string of the molecule is CN1CC23c4c5c6c7c8c9c(c%10c%11c2c2c%12c4c4c%13c5c5c7c7c8c8c%14c9c%10c9c%10c%11c2c2c%11c%12c4c4c%12c%13c5c5c7c7c8c8c%14c9c9c%10c2c2c%11c4c4c%12c5c7c5c8c9c2c45)C63C1c1ccc2c(c1)-c1nc-2nc2[nH]c(nc3nc(nc4[nH]c(n1)c1ccc(C(C)(C)C)cc41)-c1ccc(C(C)(C)C)cc1-3)c1cccc(C(C)(C)C)c21. The van der Waals surface area contributed by atoms with Crippen molar-refractivity contribution in [2.75, 3.05) is 13.6 Å². The molecule has 3 atom stereocenters. The summed E-state index contributed by atoms with van der Waals surface area (Å²) in [5.41, 5.74) is 16.8. The van der Waals surface area contributed by atoms with E-state index in [1.165, 1.54) is 22.3 Å². The Kier molecular flexibility index (Phi) is 6.00. The molecule has 4 aliphatic carbocycles. The van der Waals surface area contributed by atoms with Gasteiger partial charge in [0.1, 0.15) is 22.6 Å². The molecular formula is C107H47N9. The molecule has 520 valence electrons. The highest BCUT2D eigenvalue weighted by Crippen LogP contribution is 2.87. The van der Waals surface area contributed by atoms with Crippen molar-refractivity contribution in [3.8, 4) is 45.6 Å². The maximum atomic E-state index is 5.99. The van der Waals surface area contributed by atoms with E-state index in [1.807, 2.05) is 0 Å². The lowest BCUT2D eigenvalue weighted by atomic mass is 9.49. The molecule has 0 amide bonds. The van der Waals surface area contributed by atoms with Crippen molar-refractivity contribution < 1.29 is 0 Å². The van der Waals surface area contributed by atoms with Gasteiger partial charge in [-0.1, -0.05) is 117 Å². The van der Waals surface area contributed by atoms with Crippen LogP contribution < -0.4 is 0 Å². The summed E-state index contributed by atoms with van der Waals surface area (Å²) in [4.78, 5) is 45.4. The molecule has 1 fully saturated rings. The molecule has 3 aliphatic heterocycles. The first-order valence-electron chi connectivity index (χ1n) is 42.3. The normalized spacial score (nSPS) is 19.9. The molecule has 9 nitrogen and oxygen atoms in total. The van der Waals surface area contributed by atoms with Gasteiger partial charge < -0.3 is 9.97 Å². The summed E-state index contributed by atoms with van der Waals surface area (Å²) < 4.78 is 0. The van der Waals surface area contributed by atoms with Gasteiger partial charge >= 0.3 is 0 Å². The van der Waals surface area contributed by atoms with Crippen LogP contribution in [0.15, 0.2) is 72.8 Å². The lowest BCUT2D eigenvalue weighted by Crippen LogP contribution is -2.50. The van der Waals surface area contributed by atoms with Gasteiger partial charge in [0.15, 0.2) is 23.3 Å². The van der Waals surface area contributed by atoms with Gasteiger partial charge in [0, 0.05) is 56.4 Å². The van der Waals surface area contributed by atoms with E-state index >= 15 is 0 Å². The number of likely N-dealkylation sites (N-methyl/N-ethyl adjacent to an activating group) is 1. The van der Waals surface area contributed by atoms with Crippen molar-refractivity contribution in [2.24, 2.45) is 0 Å². The fourth-order valence-electron chi connectivity index (χ4n) is 33.1. The van der Waals surface area contributed by atoms with Gasteiger partial charge in [0.05, 0.1) is 10.8 Å². The van der Waals surface area contributed by atoms with Crippen LogP contribution in [-0.4, -0.2) is 58.4 Å². The summed E-state index contributed by atoms with van der Waals surface area (Å²) in [6.45, 7) is 21.5. The van der Waals surface area contributed by atoms with Crippen LogP contribution in [0.25, 0.3) is 381 Å². The minimum absolute atomic E-state index is 0.121. The second-order valence-corrected chi connectivity index (χ2v) is 42.2. The maximum absolute atomic E-state index is 5.99. The highest BCUT2D eigenvalue weighted by Gasteiger charge is 2.76. The first-order chi connectivity index (χ1) is 56.5. The number of nitrogens with zero attached hydrogens (tertiary/aromatic N) is 7. The van der Waals surface area contributed by atoms with E-state index in [0.29, 0.717) is 40.2 Å². The van der Waals surface area contributed by atoms with Gasteiger partial charge in [0.25, 0.3) is 0 Å². The third-order valence-electron chi connectivity index (χ3n) is 35.6. The van der Waals surface area contributed by atoms with E-state index in [4.69, 9.17) is 29.9 Å². The lowest BCUT2D eigenvalue weighted by Gasteiger charge is -2.50. The second kappa shape index (κ2) is 13.4. The molecule has 2 spiro atoms. The summed E-state index contributed by atoms with van der Waals surface area (Å²) in [6.07, 6.45) is 0. The van der Waals surface area contributed by atoms with E-state index in [0.717, 1.165) is 56.0 Å². The van der Waals surface area contributed by atoms with Gasteiger partial charge in [-0.15, -0.1) is 0 Å². The maximum Gasteiger partial charge on any atom is 0.164 e. The van der Waals surface area contributed by atoms with Gasteiger partial charge in [-0.3, -0.25) is 4.90 Å². The number of nitrogens with one attached hydrogen (secondary N) is 2. The van der Waals surface area contributed by atoms with Crippen LogP contribution in [0.4, 0.5) is 0 Å². The topological polar surface area (TPSA) is 112 Å². The largest absolute Gasteiger partial charge is 0.324 e. The van der Waals surface area contributed by atoms with Crippen molar-refractivity contribution in [3.05, 3.63) is 117 Å². The van der Waals surface area contributed by atoms with Crippen LogP contribution in [0.2, 0.25) is 0 Å². The highest BCUT2D eigenvalue weighted by molar-refractivity contribution is 6.82. The molecule has 3 aromatic heterocycles. The molecule has 32 aromatic carbocycles. The summed E-state index contributed by atoms with van der Waals surface area (Å²) in [5, 5.41) is 91.5. The summed E-state index contributed by atoms with van der Waals surface area (Å²) >= 11 is 0. The average molecular weight is 1460 g/mol. The van der Waals surface area contributed by atoms with Crippen molar-refractivity contribution in [1.29, 1.82) is 0 Å². The van der Waals surface area contributed by atoms with Gasteiger partial charge in [-0.25, -0.2) is 29.9 Å². The summed E-state index contributed by atoms with van der Waals surface area (Å²) in [6, 6.07) is 27.8. The molecule has 42 rings (SSSR count). The minimum atomic E-state index is -0.576. The first kappa shape index (κ1) is 52.1. The van der Waals surface area contributed by atoms with E-state index in [9.17, 15) is 0 Å². The molecule has 8 bridgehead atoms. The molecule has 116 heavy (non-hydrogen) atoms. The molecule has 7 aliphatic rings. The Balaban J connectivity index is 0.697. The first-order valence-corrected chi connectivity index (χ1v) is 42.3. The molecule has 0 radical (unpaired) electrons. The minimum Gasteiger partial charge on any atom is -0.324 e. The van der Waals surface area contributed by atoms with Crippen LogP contribution >= 0.6 is 0 Å². The second-order valence-electron chi connectivity index (χ2n) is 42.2. The fourth-order valence-corrected chi connectivity index (χ4v) is 33.1. The lowest BCUT2D eigenvalue weighted by molar-refractivity contribution is 0.272. The smallest absolute Gasteiger partial charge is 0.164 e. The number of hydrogen-bond donors (Lipinski definition) is 2. The van der Waals surface area contributed by atoms with Crippen LogP contribution in [0, 0.1) is 0 Å². The Bertz CT molecular complexity index is 11100. The molecule has 0 saturated carbocycles. The Hall–Kier alpha value is -13.3. The van der Waals surface area contributed by atoms with E-state index < -0.39 is 10.8 Å². The molecule has 3 unspecified atom stereocenters. The van der Waals surface area contributed by atoms with Gasteiger partial charge in [0.2, 0.25) is 0 Å². The van der Waals surface area contributed by atoms with Crippen LogP contribution in [0.5, 0.6) is 0 Å². The number of likely N-dealkylation sites (tertiary alicyclic amines) is 1.